The van der Waals surface area contributed by atoms with Crippen LogP contribution in [0.3, 0.4) is 0 Å². The van der Waals surface area contributed by atoms with Crippen LogP contribution in [0.5, 0.6) is 5.75 Å². The lowest BCUT2D eigenvalue weighted by atomic mass is 10.0. The molecule has 1 N–H and O–H groups in total. The Balaban J connectivity index is 2.08. The maximum Gasteiger partial charge on any atom is 0.413 e. The second-order valence-corrected chi connectivity index (χ2v) is 8.06. The van der Waals surface area contributed by atoms with E-state index in [0.717, 1.165) is 33.8 Å². The Hall–Kier alpha value is -2.67. The van der Waals surface area contributed by atoms with Crippen LogP contribution in [-0.2, 0) is 4.74 Å². The van der Waals surface area contributed by atoms with Crippen LogP contribution in [0, 0.1) is 13.8 Å². The molecule has 1 heterocycles. The van der Waals surface area contributed by atoms with E-state index in [2.05, 4.69) is 10.3 Å². The summed E-state index contributed by atoms with van der Waals surface area (Å²) >= 11 is 1.10. The van der Waals surface area contributed by atoms with E-state index in [0.29, 0.717) is 10.0 Å². The Kier molecular flexibility index (Phi) is 6.38. The van der Waals surface area contributed by atoms with E-state index in [1.165, 1.54) is 12.3 Å². The molecule has 0 aliphatic carbocycles. The van der Waals surface area contributed by atoms with Gasteiger partial charge in [0.1, 0.15) is 11.4 Å². The maximum atomic E-state index is 12.4. The minimum atomic E-state index is -0.601. The van der Waals surface area contributed by atoms with Crippen LogP contribution in [0.15, 0.2) is 24.4 Å². The van der Waals surface area contributed by atoms with E-state index in [1.54, 1.807) is 34.0 Å². The Bertz CT molecular complexity index is 855. The summed E-state index contributed by atoms with van der Waals surface area (Å²) in [5.74, 6) is 0.605. The van der Waals surface area contributed by atoms with Gasteiger partial charge in [-0.05, 0) is 69.5 Å². The first-order valence-corrected chi connectivity index (χ1v) is 9.24. The van der Waals surface area contributed by atoms with Gasteiger partial charge < -0.3 is 9.47 Å². The average molecular weight is 388 g/mol. The summed E-state index contributed by atoms with van der Waals surface area (Å²) in [6, 6.07) is 3.85. The average Bonchev–Trinajstić information content (AvgIpc) is 3.00. The largest absolute Gasteiger partial charge is 0.497 e. The Morgan fingerprint density at radius 1 is 1.19 bits per heavy atom. The van der Waals surface area contributed by atoms with Gasteiger partial charge in [-0.3, -0.25) is 10.1 Å². The van der Waals surface area contributed by atoms with Crippen LogP contribution in [0.4, 0.5) is 9.93 Å². The SMILES string of the molecule is COc1cc(C)c(/C=C/C(=O)c2cnc(NC(=O)OC(C)(C)C)s2)c(C)c1. The fourth-order valence-electron chi connectivity index (χ4n) is 2.39. The monoisotopic (exact) mass is 388 g/mol. The number of allylic oxidation sites excluding steroid dienone is 1. The van der Waals surface area contributed by atoms with Gasteiger partial charge >= 0.3 is 6.09 Å². The lowest BCUT2D eigenvalue weighted by Gasteiger charge is -2.18. The normalized spacial score (nSPS) is 11.5. The van der Waals surface area contributed by atoms with Crippen LogP contribution in [0.25, 0.3) is 6.08 Å². The molecule has 0 fully saturated rings. The molecule has 1 aromatic carbocycles. The van der Waals surface area contributed by atoms with E-state index in [4.69, 9.17) is 9.47 Å². The van der Waals surface area contributed by atoms with Crippen LogP contribution in [0.1, 0.15) is 47.1 Å². The Morgan fingerprint density at radius 3 is 2.37 bits per heavy atom. The van der Waals surface area contributed by atoms with E-state index < -0.39 is 11.7 Å². The second-order valence-electron chi connectivity index (χ2n) is 7.03. The van der Waals surface area contributed by atoms with Gasteiger partial charge in [-0.15, -0.1) is 0 Å². The van der Waals surface area contributed by atoms with Gasteiger partial charge in [0.25, 0.3) is 0 Å². The minimum absolute atomic E-state index is 0.181. The van der Waals surface area contributed by atoms with Crippen molar-refractivity contribution < 1.29 is 19.1 Å². The number of benzene rings is 1. The number of hydrogen-bond donors (Lipinski definition) is 1. The first kappa shape index (κ1) is 20.6. The number of ether oxygens (including phenoxy) is 2. The van der Waals surface area contributed by atoms with E-state index >= 15 is 0 Å². The van der Waals surface area contributed by atoms with Gasteiger partial charge in [0.2, 0.25) is 0 Å². The molecule has 0 atom stereocenters. The van der Waals surface area contributed by atoms with E-state index in [1.807, 2.05) is 26.0 Å². The fourth-order valence-corrected chi connectivity index (χ4v) is 3.12. The zero-order valence-electron chi connectivity index (χ0n) is 16.4. The molecule has 0 aliphatic heterocycles. The quantitative estimate of drug-likeness (QED) is 0.575. The molecule has 2 rings (SSSR count). The number of anilines is 1. The standard InChI is InChI=1S/C20H24N2O4S/c1-12-9-14(25-6)10-13(2)15(12)7-8-16(23)17-11-21-18(27-17)22-19(24)26-20(3,4)5/h7-11H,1-6H3,(H,21,22,24)/b8-7+. The zero-order valence-corrected chi connectivity index (χ0v) is 17.2. The van der Waals surface area contributed by atoms with E-state index in [9.17, 15) is 9.59 Å². The lowest BCUT2D eigenvalue weighted by molar-refractivity contribution is 0.0635. The van der Waals surface area contributed by atoms with E-state index in [-0.39, 0.29) is 5.78 Å². The van der Waals surface area contributed by atoms with Crippen molar-refractivity contribution in [3.8, 4) is 5.75 Å². The first-order chi connectivity index (χ1) is 12.6. The van der Waals surface area contributed by atoms with Crippen molar-refractivity contribution in [2.45, 2.75) is 40.2 Å². The van der Waals surface area contributed by atoms with Crippen LogP contribution in [0.2, 0.25) is 0 Å². The highest BCUT2D eigenvalue weighted by Gasteiger charge is 2.18. The zero-order chi connectivity index (χ0) is 20.2. The van der Waals surface area contributed by atoms with Crippen LogP contribution in [-0.4, -0.2) is 29.6 Å². The fraction of sp³-hybridized carbons (Fsp3) is 0.350. The van der Waals surface area contributed by atoms with Gasteiger partial charge in [0.15, 0.2) is 10.9 Å². The first-order valence-electron chi connectivity index (χ1n) is 8.42. The molecule has 6 nitrogen and oxygen atoms in total. The van der Waals surface area contributed by atoms with Crippen molar-refractivity contribution in [3.63, 3.8) is 0 Å². The predicted molar refractivity (Wildman–Crippen MR) is 108 cm³/mol. The van der Waals surface area contributed by atoms with Gasteiger partial charge in [0, 0.05) is 0 Å². The highest BCUT2D eigenvalue weighted by Crippen LogP contribution is 2.24. The third kappa shape index (κ3) is 5.92. The Labute approximate surface area is 163 Å². The molecular formula is C20H24N2O4S. The number of thiazole rings is 1. The molecule has 0 unspecified atom stereocenters. The molecule has 7 heteroatoms. The van der Waals surface area contributed by atoms with Crippen molar-refractivity contribution in [2.75, 3.05) is 12.4 Å². The van der Waals surface area contributed by atoms with Gasteiger partial charge in [-0.25, -0.2) is 9.78 Å². The number of rotatable bonds is 5. The smallest absolute Gasteiger partial charge is 0.413 e. The summed E-state index contributed by atoms with van der Waals surface area (Å²) in [5.41, 5.74) is 2.41. The highest BCUT2D eigenvalue weighted by atomic mass is 32.1. The third-order valence-electron chi connectivity index (χ3n) is 3.56. The molecule has 0 spiro atoms. The predicted octanol–water partition coefficient (Wildman–Crippen LogP) is 5.01. The number of nitrogens with one attached hydrogen (secondary N) is 1. The number of carbonyl (C=O) groups is 2. The van der Waals surface area contributed by atoms with Gasteiger partial charge in [0.05, 0.1) is 18.2 Å². The molecule has 0 aliphatic rings. The van der Waals surface area contributed by atoms with Crippen molar-refractivity contribution in [1.82, 2.24) is 4.98 Å². The molecule has 27 heavy (non-hydrogen) atoms. The highest BCUT2D eigenvalue weighted by molar-refractivity contribution is 7.17. The summed E-state index contributed by atoms with van der Waals surface area (Å²) in [5, 5.41) is 2.85. The van der Waals surface area contributed by atoms with Gasteiger partial charge in [-0.1, -0.05) is 17.4 Å². The number of hydrogen-bond acceptors (Lipinski definition) is 6. The molecule has 0 saturated heterocycles. The number of methoxy groups -OCH3 is 1. The lowest BCUT2D eigenvalue weighted by Crippen LogP contribution is -2.27. The Morgan fingerprint density at radius 2 is 1.81 bits per heavy atom. The number of carbonyl (C=O) groups excluding carboxylic acids is 2. The molecular weight excluding hydrogens is 364 g/mol. The topological polar surface area (TPSA) is 77.5 Å². The number of nitrogens with zero attached hydrogens (tertiary/aromatic N) is 1. The summed E-state index contributed by atoms with van der Waals surface area (Å²) in [7, 11) is 1.62. The van der Waals surface area contributed by atoms with Crippen molar-refractivity contribution >= 4 is 34.4 Å². The third-order valence-corrected chi connectivity index (χ3v) is 4.49. The van der Waals surface area contributed by atoms with Crippen molar-refractivity contribution in [2.24, 2.45) is 0 Å². The second kappa shape index (κ2) is 8.35. The summed E-state index contributed by atoms with van der Waals surface area (Å²) in [4.78, 5) is 28.7. The summed E-state index contributed by atoms with van der Waals surface area (Å²) in [6.45, 7) is 9.26. The van der Waals surface area contributed by atoms with Crippen LogP contribution < -0.4 is 10.1 Å². The van der Waals surface area contributed by atoms with Crippen molar-refractivity contribution in [1.29, 1.82) is 0 Å². The molecule has 0 saturated carbocycles. The molecule has 144 valence electrons. The molecule has 1 amide bonds. The number of aromatic nitrogens is 1. The molecule has 0 radical (unpaired) electrons. The number of amides is 1. The van der Waals surface area contributed by atoms with Crippen molar-refractivity contribution in [3.05, 3.63) is 46.0 Å². The minimum Gasteiger partial charge on any atom is -0.497 e. The van der Waals surface area contributed by atoms with Crippen LogP contribution >= 0.6 is 11.3 Å². The summed E-state index contributed by atoms with van der Waals surface area (Å²) in [6.07, 6.45) is 4.13. The number of ketones is 1. The summed E-state index contributed by atoms with van der Waals surface area (Å²) < 4.78 is 10.4. The van der Waals surface area contributed by atoms with Gasteiger partial charge in [-0.2, -0.15) is 0 Å². The number of aryl methyl sites for hydroxylation is 2. The molecule has 0 bridgehead atoms. The molecule has 2 aromatic rings. The maximum absolute atomic E-state index is 12.4. The molecule has 1 aromatic heterocycles.